The van der Waals surface area contributed by atoms with Crippen molar-refractivity contribution in [2.45, 2.75) is 19.3 Å². The van der Waals surface area contributed by atoms with Crippen molar-refractivity contribution in [2.75, 3.05) is 50.8 Å². The molecule has 1 fully saturated rings. The first kappa shape index (κ1) is 18.5. The fraction of sp³-hybridized carbons (Fsp3) is 0.476. The minimum atomic E-state index is 0.600. The van der Waals surface area contributed by atoms with Crippen molar-refractivity contribution in [1.29, 1.82) is 0 Å². The maximum Gasteiger partial charge on any atom is 0.141 e. The summed E-state index contributed by atoms with van der Waals surface area (Å²) >= 11 is 1.62. The monoisotopic (exact) mass is 384 g/mol. The second kappa shape index (κ2) is 8.87. The standard InChI is InChI=1S/C21H28N4OS/c22-21(20-5-2-15-27-20)23-18-6-7-19-17(16-18)4-1-9-25(19)10-3-8-24-11-13-26-14-12-24/h2,5-7,15-16H,1,3-4,8-14H2,(H2,22,23). The second-order valence-corrected chi connectivity index (χ2v) is 8.13. The highest BCUT2D eigenvalue weighted by Gasteiger charge is 2.18. The molecule has 1 saturated heterocycles. The van der Waals surface area contributed by atoms with Crippen LogP contribution in [0.3, 0.4) is 0 Å². The Bertz CT molecular complexity index is 768. The number of nitrogens with zero attached hydrogens (tertiary/aromatic N) is 3. The number of amidine groups is 1. The van der Waals surface area contributed by atoms with Crippen molar-refractivity contribution >= 4 is 28.5 Å². The molecule has 0 atom stereocenters. The number of aliphatic imine (C=N–C) groups is 1. The molecule has 144 valence electrons. The Hall–Kier alpha value is -1.89. The third-order valence-corrected chi connectivity index (χ3v) is 6.20. The highest BCUT2D eigenvalue weighted by atomic mass is 32.1. The second-order valence-electron chi connectivity index (χ2n) is 7.19. The van der Waals surface area contributed by atoms with Crippen LogP contribution >= 0.6 is 11.3 Å². The number of aryl methyl sites for hydroxylation is 1. The molecule has 1 aromatic carbocycles. The summed E-state index contributed by atoms with van der Waals surface area (Å²) in [6.07, 6.45) is 3.53. The van der Waals surface area contributed by atoms with Crippen LogP contribution < -0.4 is 10.6 Å². The largest absolute Gasteiger partial charge is 0.383 e. The average molecular weight is 385 g/mol. The van der Waals surface area contributed by atoms with Gasteiger partial charge in [0.05, 0.1) is 23.8 Å². The molecule has 0 unspecified atom stereocenters. The zero-order valence-electron chi connectivity index (χ0n) is 15.8. The van der Waals surface area contributed by atoms with Crippen molar-refractivity contribution in [2.24, 2.45) is 10.7 Å². The Balaban J connectivity index is 1.40. The SMILES string of the molecule is NC(=Nc1ccc2c(c1)CCCN2CCCN1CCOCC1)c1cccs1. The summed E-state index contributed by atoms with van der Waals surface area (Å²) in [5, 5.41) is 2.03. The van der Waals surface area contributed by atoms with Crippen molar-refractivity contribution < 1.29 is 4.74 Å². The van der Waals surface area contributed by atoms with Gasteiger partial charge >= 0.3 is 0 Å². The molecule has 0 aliphatic carbocycles. The van der Waals surface area contributed by atoms with Gasteiger partial charge in [-0.05, 0) is 54.5 Å². The van der Waals surface area contributed by atoms with Gasteiger partial charge in [-0.1, -0.05) is 6.07 Å². The number of benzene rings is 1. The van der Waals surface area contributed by atoms with Crippen molar-refractivity contribution in [3.05, 3.63) is 46.2 Å². The molecule has 0 amide bonds. The van der Waals surface area contributed by atoms with Crippen LogP contribution in [-0.2, 0) is 11.2 Å². The molecular weight excluding hydrogens is 356 g/mol. The van der Waals surface area contributed by atoms with Crippen molar-refractivity contribution in [3.8, 4) is 0 Å². The molecule has 0 radical (unpaired) electrons. The highest BCUT2D eigenvalue weighted by molar-refractivity contribution is 7.12. The van der Waals surface area contributed by atoms with Crippen LogP contribution in [0.2, 0.25) is 0 Å². The first-order valence-corrected chi connectivity index (χ1v) is 10.7. The fourth-order valence-electron chi connectivity index (χ4n) is 3.89. The first-order valence-electron chi connectivity index (χ1n) is 9.85. The minimum Gasteiger partial charge on any atom is -0.383 e. The average Bonchev–Trinajstić information content (AvgIpc) is 3.24. The van der Waals surface area contributed by atoms with Gasteiger partial charge in [0.25, 0.3) is 0 Å². The Morgan fingerprint density at radius 1 is 1.15 bits per heavy atom. The van der Waals surface area contributed by atoms with E-state index in [1.807, 2.05) is 17.5 Å². The van der Waals surface area contributed by atoms with Crippen molar-refractivity contribution in [1.82, 2.24) is 4.90 Å². The van der Waals surface area contributed by atoms with E-state index in [0.29, 0.717) is 5.84 Å². The Kier molecular flexibility index (Phi) is 6.07. The van der Waals surface area contributed by atoms with Gasteiger partial charge in [-0.2, -0.15) is 0 Å². The van der Waals surface area contributed by atoms with Crippen LogP contribution in [0.25, 0.3) is 0 Å². The molecule has 3 heterocycles. The van der Waals surface area contributed by atoms with Gasteiger partial charge in [-0.3, -0.25) is 4.90 Å². The molecule has 4 rings (SSSR count). The van der Waals surface area contributed by atoms with E-state index in [2.05, 4.69) is 33.0 Å². The molecule has 6 heteroatoms. The number of ether oxygens (including phenoxy) is 1. The van der Waals surface area contributed by atoms with E-state index in [1.54, 1.807) is 11.3 Å². The Labute approximate surface area is 165 Å². The van der Waals surface area contributed by atoms with Gasteiger partial charge < -0.3 is 15.4 Å². The molecule has 5 nitrogen and oxygen atoms in total. The van der Waals surface area contributed by atoms with E-state index in [1.165, 1.54) is 24.1 Å². The molecule has 27 heavy (non-hydrogen) atoms. The van der Waals surface area contributed by atoms with Gasteiger partial charge in [0.2, 0.25) is 0 Å². The number of hydrogen-bond donors (Lipinski definition) is 1. The summed E-state index contributed by atoms with van der Waals surface area (Å²) in [5.74, 6) is 0.600. The summed E-state index contributed by atoms with van der Waals surface area (Å²) in [6, 6.07) is 10.6. The molecule has 2 aliphatic heterocycles. The molecule has 2 N–H and O–H groups in total. The van der Waals surface area contributed by atoms with E-state index in [-0.39, 0.29) is 0 Å². The van der Waals surface area contributed by atoms with Gasteiger partial charge in [0.1, 0.15) is 5.84 Å². The van der Waals surface area contributed by atoms with Crippen molar-refractivity contribution in [3.63, 3.8) is 0 Å². The topological polar surface area (TPSA) is 54.1 Å². The number of nitrogens with two attached hydrogens (primary N) is 1. The van der Waals surface area contributed by atoms with Crippen LogP contribution in [0.15, 0.2) is 40.7 Å². The smallest absolute Gasteiger partial charge is 0.141 e. The van der Waals surface area contributed by atoms with Gasteiger partial charge in [-0.25, -0.2) is 4.99 Å². The summed E-state index contributed by atoms with van der Waals surface area (Å²) in [5.41, 5.74) is 9.87. The predicted octanol–water partition coefficient (Wildman–Crippen LogP) is 3.26. The molecule has 1 aromatic heterocycles. The summed E-state index contributed by atoms with van der Waals surface area (Å²) in [4.78, 5) is 10.7. The number of hydrogen-bond acceptors (Lipinski definition) is 5. The molecule has 0 spiro atoms. The lowest BCUT2D eigenvalue weighted by atomic mass is 10.0. The van der Waals surface area contributed by atoms with E-state index in [9.17, 15) is 0 Å². The van der Waals surface area contributed by atoms with Crippen LogP contribution in [0.1, 0.15) is 23.3 Å². The summed E-state index contributed by atoms with van der Waals surface area (Å²) in [7, 11) is 0. The predicted molar refractivity (Wildman–Crippen MR) is 114 cm³/mol. The highest BCUT2D eigenvalue weighted by Crippen LogP contribution is 2.31. The van der Waals surface area contributed by atoms with E-state index in [0.717, 1.165) is 62.9 Å². The number of anilines is 1. The maximum absolute atomic E-state index is 6.15. The number of fused-ring (bicyclic) bond motifs is 1. The van der Waals surface area contributed by atoms with Crippen LogP contribution in [0.4, 0.5) is 11.4 Å². The normalized spacial score (nSPS) is 18.5. The molecule has 0 saturated carbocycles. The Morgan fingerprint density at radius 3 is 2.85 bits per heavy atom. The third-order valence-electron chi connectivity index (χ3n) is 5.31. The zero-order valence-corrected chi connectivity index (χ0v) is 16.6. The molecular formula is C21H28N4OS. The van der Waals surface area contributed by atoms with E-state index < -0.39 is 0 Å². The van der Waals surface area contributed by atoms with Crippen LogP contribution in [0.5, 0.6) is 0 Å². The maximum atomic E-state index is 6.15. The Morgan fingerprint density at radius 2 is 2.04 bits per heavy atom. The van der Waals surface area contributed by atoms with E-state index in [4.69, 9.17) is 10.5 Å². The molecule has 2 aromatic rings. The van der Waals surface area contributed by atoms with Gasteiger partial charge in [0.15, 0.2) is 0 Å². The quantitative estimate of drug-likeness (QED) is 0.614. The number of rotatable bonds is 6. The zero-order chi connectivity index (χ0) is 18.5. The van der Waals surface area contributed by atoms with Gasteiger partial charge in [0, 0.05) is 38.4 Å². The van der Waals surface area contributed by atoms with Crippen LogP contribution in [-0.4, -0.2) is 56.7 Å². The molecule has 0 bridgehead atoms. The minimum absolute atomic E-state index is 0.600. The summed E-state index contributed by atoms with van der Waals surface area (Å²) in [6.45, 7) is 7.33. The lowest BCUT2D eigenvalue weighted by Gasteiger charge is -2.33. The summed E-state index contributed by atoms with van der Waals surface area (Å²) < 4.78 is 5.43. The van der Waals surface area contributed by atoms with Gasteiger partial charge in [-0.15, -0.1) is 11.3 Å². The lowest BCUT2D eigenvalue weighted by Crippen LogP contribution is -2.38. The fourth-order valence-corrected chi connectivity index (χ4v) is 4.52. The van der Waals surface area contributed by atoms with E-state index >= 15 is 0 Å². The van der Waals surface area contributed by atoms with Crippen LogP contribution in [0, 0.1) is 0 Å². The first-order chi connectivity index (χ1) is 13.3. The number of thiophene rings is 1. The third kappa shape index (κ3) is 4.69. The molecule has 2 aliphatic rings. The lowest BCUT2D eigenvalue weighted by molar-refractivity contribution is 0.0376. The number of morpholine rings is 1.